The molecule has 2 heteroatoms. The predicted octanol–water partition coefficient (Wildman–Crippen LogP) is 5.32. The van der Waals surface area contributed by atoms with Crippen LogP contribution in [0.25, 0.3) is 5.76 Å². The Hall–Kier alpha value is -2.35. The second-order valence-electron chi connectivity index (χ2n) is 6.89. The molecule has 122 valence electrons. The molecule has 2 aromatic rings. The molecule has 2 aromatic carbocycles. The molecular weight excluding hydrogens is 296 g/mol. The maximum Gasteiger partial charge on any atom is 0.318 e. The molecule has 1 unspecified atom stereocenters. The van der Waals surface area contributed by atoms with Gasteiger partial charge in [-0.1, -0.05) is 79.9 Å². The van der Waals surface area contributed by atoms with E-state index >= 15 is 0 Å². The van der Waals surface area contributed by atoms with Crippen LogP contribution >= 0.6 is 0 Å². The molecule has 1 fully saturated rings. The molecule has 0 N–H and O–H groups in total. The van der Waals surface area contributed by atoms with Crippen LogP contribution in [-0.2, 0) is 9.53 Å². The molecule has 2 aliphatic rings. The Kier molecular flexibility index (Phi) is 3.97. The molecule has 1 heterocycles. The summed E-state index contributed by atoms with van der Waals surface area (Å²) in [5.74, 6) is 0.749. The molecule has 0 amide bonds. The maximum absolute atomic E-state index is 13.1. The van der Waals surface area contributed by atoms with E-state index in [1.807, 2.05) is 36.4 Å². The Labute approximate surface area is 143 Å². The van der Waals surface area contributed by atoms with Crippen LogP contribution in [0.3, 0.4) is 0 Å². The molecule has 1 atom stereocenters. The normalized spacial score (nSPS) is 22.8. The van der Waals surface area contributed by atoms with E-state index in [1.54, 1.807) is 0 Å². The summed E-state index contributed by atoms with van der Waals surface area (Å²) in [6.07, 6.45) is 7.44. The van der Waals surface area contributed by atoms with Crippen molar-refractivity contribution < 1.29 is 9.53 Å². The van der Waals surface area contributed by atoms with Gasteiger partial charge in [-0.15, -0.1) is 0 Å². The van der Waals surface area contributed by atoms with Crippen molar-refractivity contribution in [1.82, 2.24) is 0 Å². The van der Waals surface area contributed by atoms with Gasteiger partial charge in [0.2, 0.25) is 0 Å². The first-order chi connectivity index (χ1) is 11.8. The van der Waals surface area contributed by atoms with Crippen LogP contribution < -0.4 is 0 Å². The highest BCUT2D eigenvalue weighted by Gasteiger charge is 2.50. The molecule has 0 bridgehead atoms. The van der Waals surface area contributed by atoms with E-state index in [9.17, 15) is 4.79 Å². The van der Waals surface area contributed by atoms with E-state index in [0.717, 1.165) is 31.2 Å². The first-order valence-corrected chi connectivity index (χ1v) is 8.84. The fourth-order valence-corrected chi connectivity index (χ4v) is 4.20. The second-order valence-corrected chi connectivity index (χ2v) is 6.89. The second kappa shape index (κ2) is 6.27. The lowest BCUT2D eigenvalue weighted by Crippen LogP contribution is -2.42. The van der Waals surface area contributed by atoms with Crippen molar-refractivity contribution in [3.05, 3.63) is 77.9 Å². The monoisotopic (exact) mass is 318 g/mol. The minimum Gasteiger partial charge on any atom is -0.426 e. The van der Waals surface area contributed by atoms with Gasteiger partial charge in [0, 0.05) is 11.5 Å². The average Bonchev–Trinajstić information content (AvgIpc) is 2.66. The molecule has 0 radical (unpaired) electrons. The molecule has 1 saturated carbocycles. The van der Waals surface area contributed by atoms with Crippen molar-refractivity contribution >= 4 is 11.7 Å². The number of hydrogen-bond donors (Lipinski definition) is 0. The standard InChI is InChI=1S/C22H22O2/c23-21-22(14-8-3-9-15-22)19(17-10-4-1-5-11-17)16-20(24-21)18-12-6-2-7-13-18/h1-2,4-7,10-13,16,19H,3,8-9,14-15H2. The number of rotatable bonds is 2. The van der Waals surface area contributed by atoms with Gasteiger partial charge in [0.15, 0.2) is 0 Å². The van der Waals surface area contributed by atoms with Crippen LogP contribution in [0.2, 0.25) is 0 Å². The molecule has 0 aromatic heterocycles. The summed E-state index contributed by atoms with van der Waals surface area (Å²) in [4.78, 5) is 13.1. The minimum atomic E-state index is -0.391. The predicted molar refractivity (Wildman–Crippen MR) is 95.2 cm³/mol. The number of cyclic esters (lactones) is 1. The molecule has 1 aliphatic heterocycles. The van der Waals surface area contributed by atoms with Crippen molar-refractivity contribution in [1.29, 1.82) is 0 Å². The number of ether oxygens (including phenoxy) is 1. The molecule has 2 nitrogen and oxygen atoms in total. The zero-order valence-corrected chi connectivity index (χ0v) is 13.8. The highest BCUT2D eigenvalue weighted by Crippen LogP contribution is 2.52. The summed E-state index contributed by atoms with van der Waals surface area (Å²) in [5.41, 5.74) is 1.79. The summed E-state index contributed by atoms with van der Waals surface area (Å²) in [6.45, 7) is 0. The van der Waals surface area contributed by atoms with Gasteiger partial charge in [-0.25, -0.2) is 0 Å². The van der Waals surface area contributed by atoms with Crippen molar-refractivity contribution in [3.8, 4) is 0 Å². The third kappa shape index (κ3) is 2.56. The minimum absolute atomic E-state index is 0.0441. The van der Waals surface area contributed by atoms with Gasteiger partial charge in [0.25, 0.3) is 0 Å². The van der Waals surface area contributed by atoms with Crippen LogP contribution in [0.15, 0.2) is 66.7 Å². The number of esters is 1. The number of carbonyl (C=O) groups is 1. The molecule has 1 aliphatic carbocycles. The van der Waals surface area contributed by atoms with Crippen molar-refractivity contribution in [3.63, 3.8) is 0 Å². The van der Waals surface area contributed by atoms with Crippen LogP contribution in [-0.4, -0.2) is 5.97 Å². The highest BCUT2D eigenvalue weighted by atomic mass is 16.5. The van der Waals surface area contributed by atoms with Gasteiger partial charge in [-0.05, 0) is 24.5 Å². The maximum atomic E-state index is 13.1. The van der Waals surface area contributed by atoms with Crippen LogP contribution in [0.4, 0.5) is 0 Å². The summed E-state index contributed by atoms with van der Waals surface area (Å²) in [5, 5.41) is 0. The lowest BCUT2D eigenvalue weighted by molar-refractivity contribution is -0.153. The van der Waals surface area contributed by atoms with E-state index < -0.39 is 5.41 Å². The van der Waals surface area contributed by atoms with Crippen LogP contribution in [0.1, 0.15) is 49.1 Å². The lowest BCUT2D eigenvalue weighted by Gasteiger charge is -2.43. The number of benzene rings is 2. The Morgan fingerprint density at radius 1 is 0.833 bits per heavy atom. The fraction of sp³-hybridized carbons (Fsp3) is 0.318. The van der Waals surface area contributed by atoms with Gasteiger partial charge in [0.05, 0.1) is 5.41 Å². The Morgan fingerprint density at radius 3 is 2.12 bits per heavy atom. The van der Waals surface area contributed by atoms with E-state index in [-0.39, 0.29) is 11.9 Å². The summed E-state index contributed by atoms with van der Waals surface area (Å²) in [7, 11) is 0. The zero-order valence-electron chi connectivity index (χ0n) is 13.8. The number of hydrogen-bond acceptors (Lipinski definition) is 2. The Balaban J connectivity index is 1.82. The van der Waals surface area contributed by atoms with Gasteiger partial charge in [0.1, 0.15) is 5.76 Å². The average molecular weight is 318 g/mol. The molecular formula is C22H22O2. The highest BCUT2D eigenvalue weighted by molar-refractivity contribution is 5.87. The largest absolute Gasteiger partial charge is 0.426 e. The van der Waals surface area contributed by atoms with Gasteiger partial charge < -0.3 is 4.74 Å². The van der Waals surface area contributed by atoms with E-state index in [4.69, 9.17) is 4.74 Å². The molecule has 0 saturated heterocycles. The van der Waals surface area contributed by atoms with Crippen molar-refractivity contribution in [2.24, 2.45) is 5.41 Å². The fourth-order valence-electron chi connectivity index (χ4n) is 4.20. The van der Waals surface area contributed by atoms with Crippen LogP contribution in [0.5, 0.6) is 0 Å². The third-order valence-electron chi connectivity index (χ3n) is 5.49. The lowest BCUT2D eigenvalue weighted by atomic mass is 9.62. The SMILES string of the molecule is O=C1OC(c2ccccc2)=CC(c2ccccc2)C12CCCCC2. The molecule has 1 spiro atoms. The smallest absolute Gasteiger partial charge is 0.318 e. The number of allylic oxidation sites excluding steroid dienone is 1. The van der Waals surface area contributed by atoms with E-state index in [2.05, 4.69) is 30.3 Å². The zero-order chi connectivity index (χ0) is 16.4. The quantitative estimate of drug-likeness (QED) is 0.701. The van der Waals surface area contributed by atoms with Gasteiger partial charge in [-0.2, -0.15) is 0 Å². The topological polar surface area (TPSA) is 26.3 Å². The van der Waals surface area contributed by atoms with Crippen molar-refractivity contribution in [2.75, 3.05) is 0 Å². The number of carbonyl (C=O) groups excluding carboxylic acids is 1. The first-order valence-electron chi connectivity index (χ1n) is 8.84. The molecule has 24 heavy (non-hydrogen) atoms. The summed E-state index contributed by atoms with van der Waals surface area (Å²) < 4.78 is 5.84. The van der Waals surface area contributed by atoms with Gasteiger partial charge in [-0.3, -0.25) is 4.79 Å². The van der Waals surface area contributed by atoms with Crippen LogP contribution in [0, 0.1) is 5.41 Å². The Bertz CT molecular complexity index is 740. The Morgan fingerprint density at radius 2 is 1.46 bits per heavy atom. The summed E-state index contributed by atoms with van der Waals surface area (Å²) >= 11 is 0. The van der Waals surface area contributed by atoms with E-state index in [1.165, 1.54) is 12.0 Å². The summed E-state index contributed by atoms with van der Waals surface area (Å²) in [6, 6.07) is 20.4. The molecule has 4 rings (SSSR count). The van der Waals surface area contributed by atoms with Crippen molar-refractivity contribution in [2.45, 2.75) is 38.0 Å². The third-order valence-corrected chi connectivity index (χ3v) is 5.49. The van der Waals surface area contributed by atoms with Gasteiger partial charge >= 0.3 is 5.97 Å². The van der Waals surface area contributed by atoms with E-state index in [0.29, 0.717) is 5.76 Å². The first kappa shape index (κ1) is 15.2.